The Bertz CT molecular complexity index is 2780. The number of ether oxygens (including phenoxy) is 2. The van der Waals surface area contributed by atoms with Gasteiger partial charge in [0.1, 0.15) is 22.5 Å². The fourth-order valence-corrected chi connectivity index (χ4v) is 9.73. The van der Waals surface area contributed by atoms with Gasteiger partial charge in [0.2, 0.25) is 0 Å². The van der Waals surface area contributed by atoms with Crippen molar-refractivity contribution >= 4 is 11.0 Å². The molecule has 7 aromatic carbocycles. The van der Waals surface area contributed by atoms with E-state index in [1.807, 2.05) is 7.05 Å². The molecular formula is C55H51N3O2. The fraction of sp³-hybridized carbons (Fsp3) is 0.236. The summed E-state index contributed by atoms with van der Waals surface area (Å²) in [6.07, 6.45) is 0.297. The van der Waals surface area contributed by atoms with Crippen molar-refractivity contribution < 1.29 is 9.47 Å². The molecular weight excluding hydrogens is 735 g/mol. The Morgan fingerprint density at radius 1 is 0.383 bits per heavy atom. The summed E-state index contributed by atoms with van der Waals surface area (Å²) in [4.78, 5) is 1.71. The highest BCUT2D eigenvalue weighted by molar-refractivity contribution is 6.01. The summed E-state index contributed by atoms with van der Waals surface area (Å²) in [6, 6.07) is 49.1. The van der Waals surface area contributed by atoms with Crippen molar-refractivity contribution in [3.05, 3.63) is 156 Å². The van der Waals surface area contributed by atoms with Gasteiger partial charge in [-0.2, -0.15) is 15.0 Å². The molecule has 298 valence electrons. The van der Waals surface area contributed by atoms with Crippen LogP contribution in [0.1, 0.15) is 77.6 Å². The topological polar surface area (TPSA) is 49.2 Å². The summed E-state index contributed by atoms with van der Waals surface area (Å²) < 4.78 is 11.8. The van der Waals surface area contributed by atoms with Gasteiger partial charge in [0.15, 0.2) is 0 Å². The van der Waals surface area contributed by atoms with Crippen molar-refractivity contribution in [3.8, 4) is 78.3 Å². The highest BCUT2D eigenvalue weighted by Crippen LogP contribution is 2.53. The van der Waals surface area contributed by atoms with Crippen LogP contribution in [0.5, 0.6) is 11.5 Å². The summed E-state index contributed by atoms with van der Waals surface area (Å²) in [6.45, 7) is 17.6. The van der Waals surface area contributed by atoms with Crippen LogP contribution in [-0.2, 0) is 17.9 Å². The summed E-state index contributed by atoms with van der Waals surface area (Å²) in [7, 11) is 1.92. The Kier molecular flexibility index (Phi) is 8.70. The van der Waals surface area contributed by atoms with Crippen LogP contribution < -0.4 is 9.47 Å². The van der Waals surface area contributed by atoms with E-state index in [1.54, 1.807) is 4.80 Å². The quantitative estimate of drug-likeness (QED) is 0.154. The van der Waals surface area contributed by atoms with Gasteiger partial charge in [0, 0.05) is 29.0 Å². The summed E-state index contributed by atoms with van der Waals surface area (Å²) in [5, 5.41) is 9.98. The molecule has 0 amide bonds. The first-order valence-electron chi connectivity index (χ1n) is 21.2. The molecule has 0 N–H and O–H groups in total. The smallest absolute Gasteiger partial charge is 0.121 e. The average Bonchev–Trinajstić information content (AvgIpc) is 3.81. The maximum absolute atomic E-state index is 5.91. The van der Waals surface area contributed by atoms with E-state index in [0.29, 0.717) is 0 Å². The van der Waals surface area contributed by atoms with Crippen LogP contribution in [0.3, 0.4) is 0 Å². The summed E-state index contributed by atoms with van der Waals surface area (Å²) in [5.74, 6) is 1.79. The van der Waals surface area contributed by atoms with Crippen LogP contribution in [0.15, 0.2) is 133 Å². The van der Waals surface area contributed by atoms with Crippen LogP contribution in [-0.4, -0.2) is 27.2 Å². The summed E-state index contributed by atoms with van der Waals surface area (Å²) >= 11 is 0. The molecule has 8 aromatic rings. The molecule has 0 unspecified atom stereocenters. The van der Waals surface area contributed by atoms with E-state index in [-0.39, 0.29) is 23.0 Å². The zero-order valence-electron chi connectivity index (χ0n) is 36.0. The van der Waals surface area contributed by atoms with Gasteiger partial charge in [-0.15, -0.1) is 0 Å². The van der Waals surface area contributed by atoms with Crippen molar-refractivity contribution in [1.82, 2.24) is 15.0 Å². The first-order chi connectivity index (χ1) is 28.8. The fourth-order valence-electron chi connectivity index (χ4n) is 9.73. The molecule has 0 aliphatic heterocycles. The molecule has 0 spiro atoms. The Morgan fingerprint density at radius 2 is 0.667 bits per heavy atom. The average molecular weight is 786 g/mol. The van der Waals surface area contributed by atoms with Crippen LogP contribution in [0, 0.1) is 0 Å². The van der Waals surface area contributed by atoms with Gasteiger partial charge < -0.3 is 9.47 Å². The Balaban J connectivity index is 0.971. The van der Waals surface area contributed by atoms with Crippen LogP contribution in [0.4, 0.5) is 0 Å². The number of aryl methyl sites for hydroxylation is 1. The third kappa shape index (κ3) is 6.13. The van der Waals surface area contributed by atoms with E-state index in [4.69, 9.17) is 19.7 Å². The minimum atomic E-state index is -0.179. The van der Waals surface area contributed by atoms with Crippen molar-refractivity contribution in [2.45, 2.75) is 78.4 Å². The van der Waals surface area contributed by atoms with Gasteiger partial charge in [-0.05, 0) is 154 Å². The van der Waals surface area contributed by atoms with Crippen LogP contribution >= 0.6 is 0 Å². The number of rotatable bonds is 8. The molecule has 1 heterocycles. The van der Waals surface area contributed by atoms with Crippen molar-refractivity contribution in [1.29, 1.82) is 0 Å². The maximum Gasteiger partial charge on any atom is 0.121 e. The SMILES string of the molecule is CC(C)Oc1ccc(-c2ccc3c(c2)C(C)(C)c2cc(-c4ccc(-c5ccc6c(c5)C(C)(C)c5cc(-c7ccc(OC(C)C)cc7)ccc5-6)c5nn(C)nc45)ccc2-3)cc1. The standard InChI is InChI=1S/C55H51N3O2/c1-32(2)59-40-18-10-34(11-19-40)36-14-22-44-46-24-16-38(30-50(46)54(5,6)48(44)28-36)42-26-27-43(53-52(42)56-58(9)57-53)39-17-25-47-45-23-15-37(29-49(45)55(7,8)51(47)31-39)35-12-20-41(21-13-35)60-33(3)4/h10-33H,1-9H3. The lowest BCUT2D eigenvalue weighted by molar-refractivity contribution is 0.242. The molecule has 0 saturated carbocycles. The zero-order chi connectivity index (χ0) is 41.7. The number of fused-ring (bicyclic) bond motifs is 7. The number of aromatic nitrogens is 3. The number of benzene rings is 7. The van der Waals surface area contributed by atoms with Gasteiger partial charge in [-0.1, -0.05) is 113 Å². The lowest BCUT2D eigenvalue weighted by Gasteiger charge is -2.23. The minimum absolute atomic E-state index is 0.148. The largest absolute Gasteiger partial charge is 0.491 e. The number of nitrogens with zero attached hydrogens (tertiary/aromatic N) is 3. The van der Waals surface area contributed by atoms with Gasteiger partial charge in [-0.25, -0.2) is 0 Å². The first kappa shape index (κ1) is 37.8. The van der Waals surface area contributed by atoms with E-state index in [9.17, 15) is 0 Å². The Hall–Kier alpha value is -6.46. The monoisotopic (exact) mass is 785 g/mol. The molecule has 0 atom stereocenters. The predicted octanol–water partition coefficient (Wildman–Crippen LogP) is 13.8. The first-order valence-corrected chi connectivity index (χ1v) is 21.2. The highest BCUT2D eigenvalue weighted by Gasteiger charge is 2.37. The van der Waals surface area contributed by atoms with Gasteiger partial charge in [0.05, 0.1) is 12.2 Å². The van der Waals surface area contributed by atoms with Crippen LogP contribution in [0.25, 0.3) is 77.8 Å². The summed E-state index contributed by atoms with van der Waals surface area (Å²) in [5.41, 5.74) is 21.3. The molecule has 10 rings (SSSR count). The van der Waals surface area contributed by atoms with Gasteiger partial charge >= 0.3 is 0 Å². The number of hydrogen-bond donors (Lipinski definition) is 0. The van der Waals surface area contributed by atoms with E-state index in [1.165, 1.54) is 66.8 Å². The molecule has 1 aromatic heterocycles. The van der Waals surface area contributed by atoms with Crippen molar-refractivity contribution in [2.24, 2.45) is 7.05 Å². The predicted molar refractivity (Wildman–Crippen MR) is 247 cm³/mol. The normalized spacial score (nSPS) is 14.3. The van der Waals surface area contributed by atoms with E-state index in [2.05, 4.69) is 189 Å². The molecule has 0 bridgehead atoms. The molecule has 5 nitrogen and oxygen atoms in total. The molecule has 0 radical (unpaired) electrons. The second-order valence-electron chi connectivity index (χ2n) is 18.2. The van der Waals surface area contributed by atoms with E-state index >= 15 is 0 Å². The van der Waals surface area contributed by atoms with Gasteiger partial charge in [0.25, 0.3) is 0 Å². The molecule has 0 fully saturated rings. The van der Waals surface area contributed by atoms with E-state index < -0.39 is 0 Å². The molecule has 2 aliphatic rings. The maximum atomic E-state index is 5.91. The van der Waals surface area contributed by atoms with Crippen molar-refractivity contribution in [2.75, 3.05) is 0 Å². The second kappa shape index (κ2) is 13.8. The lowest BCUT2D eigenvalue weighted by Crippen LogP contribution is -2.15. The highest BCUT2D eigenvalue weighted by atomic mass is 16.5. The van der Waals surface area contributed by atoms with Gasteiger partial charge in [-0.3, -0.25) is 0 Å². The molecule has 2 aliphatic carbocycles. The third-order valence-electron chi connectivity index (χ3n) is 12.7. The molecule has 0 saturated heterocycles. The Morgan fingerprint density at radius 3 is 1.00 bits per heavy atom. The third-order valence-corrected chi connectivity index (χ3v) is 12.7. The lowest BCUT2D eigenvalue weighted by atomic mass is 9.80. The van der Waals surface area contributed by atoms with Crippen LogP contribution in [0.2, 0.25) is 0 Å². The van der Waals surface area contributed by atoms with Crippen molar-refractivity contribution in [3.63, 3.8) is 0 Å². The molecule has 60 heavy (non-hydrogen) atoms. The minimum Gasteiger partial charge on any atom is -0.491 e. The second-order valence-corrected chi connectivity index (χ2v) is 18.2. The zero-order valence-corrected chi connectivity index (χ0v) is 36.0. The molecule has 5 heteroatoms. The van der Waals surface area contributed by atoms with E-state index in [0.717, 1.165) is 44.8 Å². The number of hydrogen-bond acceptors (Lipinski definition) is 4. The Labute approximate surface area is 353 Å².